The van der Waals surface area contributed by atoms with E-state index in [0.717, 1.165) is 43.9 Å². The van der Waals surface area contributed by atoms with Gasteiger partial charge in [0.2, 0.25) is 0 Å². The Balaban J connectivity index is 1.70. The van der Waals surface area contributed by atoms with Crippen molar-refractivity contribution in [2.75, 3.05) is 0 Å². The van der Waals surface area contributed by atoms with E-state index in [-0.39, 0.29) is 16.7 Å². The Bertz CT molecular complexity index is 807. The van der Waals surface area contributed by atoms with Crippen molar-refractivity contribution >= 4 is 0 Å². The third-order valence-corrected chi connectivity index (χ3v) is 5.84. The minimum Gasteiger partial charge on any atom is -0.206 e. The van der Waals surface area contributed by atoms with Gasteiger partial charge in [0.05, 0.1) is 0 Å². The lowest BCUT2D eigenvalue weighted by atomic mass is 9.76. The topological polar surface area (TPSA) is 0 Å². The average Bonchev–Trinajstić information content (AvgIpc) is 2.65. The van der Waals surface area contributed by atoms with E-state index in [1.165, 1.54) is 18.2 Å². The van der Waals surface area contributed by atoms with Crippen LogP contribution in [-0.2, 0) is 6.42 Å². The van der Waals surface area contributed by atoms with E-state index in [9.17, 15) is 22.0 Å². The van der Waals surface area contributed by atoms with Crippen LogP contribution in [0.1, 0.15) is 51.0 Å². The highest BCUT2D eigenvalue weighted by molar-refractivity contribution is 5.64. The minimum absolute atomic E-state index is 0.0611. The maximum atomic E-state index is 14.7. The van der Waals surface area contributed by atoms with Crippen molar-refractivity contribution in [2.45, 2.75) is 57.8 Å². The summed E-state index contributed by atoms with van der Waals surface area (Å²) in [4.78, 5) is 0. The molecule has 0 saturated heterocycles. The molecule has 5 heteroatoms. The summed E-state index contributed by atoms with van der Waals surface area (Å²) in [5, 5.41) is 0. The van der Waals surface area contributed by atoms with Crippen LogP contribution in [0.3, 0.4) is 0 Å². The fourth-order valence-corrected chi connectivity index (χ4v) is 4.26. The van der Waals surface area contributed by atoms with Crippen molar-refractivity contribution < 1.29 is 22.0 Å². The standard InChI is InChI=1S/C23H25F5/c1-2-3-15-4-8-18(9-5-15)23(27,28)14-16-6-10-19(21(25)12-16)17-7-11-20(24)22(26)13-17/h6-7,10-13,15,18H,2-5,8-9,14H2,1H3. The quantitative estimate of drug-likeness (QED) is 0.442. The normalized spacial score (nSPS) is 20.4. The molecule has 0 nitrogen and oxygen atoms in total. The highest BCUT2D eigenvalue weighted by Crippen LogP contribution is 2.42. The molecule has 2 aromatic rings. The summed E-state index contributed by atoms with van der Waals surface area (Å²) in [6.07, 6.45) is 4.34. The van der Waals surface area contributed by atoms with E-state index in [0.29, 0.717) is 18.8 Å². The molecule has 28 heavy (non-hydrogen) atoms. The molecular weight excluding hydrogens is 371 g/mol. The van der Waals surface area contributed by atoms with Crippen LogP contribution in [0.25, 0.3) is 11.1 Å². The smallest absolute Gasteiger partial charge is 0.206 e. The number of hydrogen-bond donors (Lipinski definition) is 0. The van der Waals surface area contributed by atoms with Gasteiger partial charge < -0.3 is 0 Å². The van der Waals surface area contributed by atoms with E-state index in [1.54, 1.807) is 0 Å². The molecule has 0 aliphatic heterocycles. The molecule has 1 aliphatic carbocycles. The predicted octanol–water partition coefficient (Wildman–Crippen LogP) is 7.56. The Morgan fingerprint density at radius 3 is 2.18 bits per heavy atom. The first kappa shape index (κ1) is 20.8. The van der Waals surface area contributed by atoms with Gasteiger partial charge in [-0.3, -0.25) is 0 Å². The van der Waals surface area contributed by atoms with Gasteiger partial charge in [0, 0.05) is 17.9 Å². The van der Waals surface area contributed by atoms with E-state index < -0.39 is 35.7 Å². The number of benzene rings is 2. The molecule has 2 aromatic carbocycles. The summed E-state index contributed by atoms with van der Waals surface area (Å²) in [6.45, 7) is 2.11. The van der Waals surface area contributed by atoms with Crippen molar-refractivity contribution in [2.24, 2.45) is 11.8 Å². The highest BCUT2D eigenvalue weighted by Gasteiger charge is 2.41. The van der Waals surface area contributed by atoms with Crippen molar-refractivity contribution in [3.63, 3.8) is 0 Å². The van der Waals surface area contributed by atoms with Crippen molar-refractivity contribution in [3.8, 4) is 11.1 Å². The summed E-state index contributed by atoms with van der Waals surface area (Å²) in [7, 11) is 0. The summed E-state index contributed by atoms with van der Waals surface area (Å²) < 4.78 is 70.4. The average molecular weight is 396 g/mol. The van der Waals surface area contributed by atoms with Crippen molar-refractivity contribution in [3.05, 3.63) is 59.4 Å². The van der Waals surface area contributed by atoms with E-state index >= 15 is 0 Å². The maximum Gasteiger partial charge on any atom is 0.254 e. The Kier molecular flexibility index (Phi) is 6.41. The van der Waals surface area contributed by atoms with E-state index in [4.69, 9.17) is 0 Å². The molecule has 0 atom stereocenters. The first-order valence-corrected chi connectivity index (χ1v) is 9.92. The zero-order chi connectivity index (χ0) is 20.3. The second-order valence-electron chi connectivity index (χ2n) is 7.89. The SMILES string of the molecule is CCCC1CCC(C(F)(F)Cc2ccc(-c3ccc(F)c(F)c3)c(F)c2)CC1. The fourth-order valence-electron chi connectivity index (χ4n) is 4.26. The maximum absolute atomic E-state index is 14.7. The van der Waals surface area contributed by atoms with Crippen molar-refractivity contribution in [1.29, 1.82) is 0 Å². The molecule has 1 saturated carbocycles. The zero-order valence-corrected chi connectivity index (χ0v) is 16.0. The third-order valence-electron chi connectivity index (χ3n) is 5.84. The molecule has 1 fully saturated rings. The summed E-state index contributed by atoms with van der Waals surface area (Å²) in [5.74, 6) is -5.82. The molecule has 0 N–H and O–H groups in total. The Morgan fingerprint density at radius 1 is 0.857 bits per heavy atom. The van der Waals surface area contributed by atoms with Crippen LogP contribution in [0.4, 0.5) is 22.0 Å². The van der Waals surface area contributed by atoms with Gasteiger partial charge in [-0.2, -0.15) is 0 Å². The number of halogens is 5. The summed E-state index contributed by atoms with van der Waals surface area (Å²) in [6, 6.07) is 6.95. The first-order valence-electron chi connectivity index (χ1n) is 9.92. The van der Waals surface area contributed by atoms with Gasteiger partial charge in [-0.15, -0.1) is 0 Å². The molecule has 1 aliphatic rings. The molecule has 0 unspecified atom stereocenters. The van der Waals surface area contributed by atoms with Crippen LogP contribution < -0.4 is 0 Å². The molecule has 0 amide bonds. The molecule has 0 bridgehead atoms. The second-order valence-corrected chi connectivity index (χ2v) is 7.89. The lowest BCUT2D eigenvalue weighted by Gasteiger charge is -2.33. The number of rotatable bonds is 6. The molecular formula is C23H25F5. The Hall–Kier alpha value is -1.91. The number of alkyl halides is 2. The lowest BCUT2D eigenvalue weighted by molar-refractivity contribution is -0.0746. The predicted molar refractivity (Wildman–Crippen MR) is 101 cm³/mol. The molecule has 3 rings (SSSR count). The fraction of sp³-hybridized carbons (Fsp3) is 0.478. The first-order chi connectivity index (χ1) is 13.3. The zero-order valence-electron chi connectivity index (χ0n) is 16.0. The van der Waals surface area contributed by atoms with Gasteiger partial charge in [-0.25, -0.2) is 22.0 Å². The third kappa shape index (κ3) is 4.73. The molecule has 0 heterocycles. The van der Waals surface area contributed by atoms with Crippen LogP contribution in [0.5, 0.6) is 0 Å². The van der Waals surface area contributed by atoms with Gasteiger partial charge >= 0.3 is 0 Å². The highest BCUT2D eigenvalue weighted by atomic mass is 19.3. The van der Waals surface area contributed by atoms with E-state index in [1.807, 2.05) is 0 Å². The lowest BCUT2D eigenvalue weighted by Crippen LogP contribution is -2.34. The summed E-state index contributed by atoms with van der Waals surface area (Å²) in [5.41, 5.74) is 0.444. The largest absolute Gasteiger partial charge is 0.254 e. The van der Waals surface area contributed by atoms with Crippen LogP contribution in [0.15, 0.2) is 36.4 Å². The molecule has 0 spiro atoms. The monoisotopic (exact) mass is 396 g/mol. The van der Waals surface area contributed by atoms with Crippen LogP contribution in [0, 0.1) is 29.3 Å². The van der Waals surface area contributed by atoms with Gasteiger partial charge in [0.25, 0.3) is 5.92 Å². The van der Waals surface area contributed by atoms with Crippen LogP contribution in [-0.4, -0.2) is 5.92 Å². The van der Waals surface area contributed by atoms with Crippen molar-refractivity contribution in [1.82, 2.24) is 0 Å². The Morgan fingerprint density at radius 2 is 1.57 bits per heavy atom. The van der Waals surface area contributed by atoms with Gasteiger partial charge in [-0.05, 0) is 60.9 Å². The second kappa shape index (κ2) is 8.62. The summed E-state index contributed by atoms with van der Waals surface area (Å²) >= 11 is 0. The molecule has 152 valence electrons. The number of hydrogen-bond acceptors (Lipinski definition) is 0. The molecule has 0 aromatic heterocycles. The van der Waals surface area contributed by atoms with Gasteiger partial charge in [0.1, 0.15) is 5.82 Å². The van der Waals surface area contributed by atoms with Gasteiger partial charge in [-0.1, -0.05) is 38.0 Å². The van der Waals surface area contributed by atoms with Crippen LogP contribution in [0.2, 0.25) is 0 Å². The minimum atomic E-state index is -2.88. The van der Waals surface area contributed by atoms with E-state index in [2.05, 4.69) is 6.92 Å². The van der Waals surface area contributed by atoms with Gasteiger partial charge in [0.15, 0.2) is 11.6 Å². The Labute approximate surface area is 162 Å². The van der Waals surface area contributed by atoms with Crippen LogP contribution >= 0.6 is 0 Å². The molecule has 0 radical (unpaired) electrons.